The predicted molar refractivity (Wildman–Crippen MR) is 51.7 cm³/mol. The maximum Gasteiger partial charge on any atom is 0.325 e. The van der Waals surface area contributed by atoms with Crippen LogP contribution in [0.15, 0.2) is 15.7 Å². The fraction of sp³-hybridized carbons (Fsp3) is 0.375. The van der Waals surface area contributed by atoms with Crippen LogP contribution in [-0.4, -0.2) is 27.6 Å². The van der Waals surface area contributed by atoms with Gasteiger partial charge in [0.15, 0.2) is 0 Å². The Morgan fingerprint density at radius 1 is 1.47 bits per heavy atom. The van der Waals surface area contributed by atoms with Gasteiger partial charge in [0.05, 0.1) is 5.92 Å². The van der Waals surface area contributed by atoms with Crippen molar-refractivity contribution in [1.82, 2.24) is 9.97 Å². The molecule has 7 nitrogen and oxygen atoms in total. The Bertz CT molecular complexity index is 433. The van der Waals surface area contributed by atoms with Crippen LogP contribution in [0.5, 0.6) is 0 Å². The van der Waals surface area contributed by atoms with Gasteiger partial charge in [0.2, 0.25) is 0 Å². The van der Waals surface area contributed by atoms with Crippen molar-refractivity contribution in [1.29, 1.82) is 0 Å². The average molecular weight is 213 g/mol. The predicted octanol–water partition coefficient (Wildman–Crippen LogP) is -1.42. The van der Waals surface area contributed by atoms with Crippen LogP contribution in [0, 0.1) is 0 Å². The van der Waals surface area contributed by atoms with Crippen LogP contribution in [0.4, 0.5) is 0 Å². The summed E-state index contributed by atoms with van der Waals surface area (Å²) >= 11 is 0. The van der Waals surface area contributed by atoms with Gasteiger partial charge in [-0.3, -0.25) is 14.6 Å². The number of carbonyl (C=O) groups is 1. The number of aliphatic carboxylic acids is 1. The van der Waals surface area contributed by atoms with E-state index in [1.54, 1.807) is 0 Å². The van der Waals surface area contributed by atoms with E-state index >= 15 is 0 Å². The van der Waals surface area contributed by atoms with E-state index in [1.165, 1.54) is 0 Å². The normalized spacial score (nSPS) is 12.3. The van der Waals surface area contributed by atoms with Gasteiger partial charge in [0.1, 0.15) is 0 Å². The van der Waals surface area contributed by atoms with Crippen LogP contribution in [0.2, 0.25) is 0 Å². The lowest BCUT2D eigenvalue weighted by Gasteiger charge is -2.09. The second-order valence-corrected chi connectivity index (χ2v) is 3.01. The molecule has 0 aliphatic carbocycles. The van der Waals surface area contributed by atoms with Crippen molar-refractivity contribution < 1.29 is 9.90 Å². The van der Waals surface area contributed by atoms with Crippen molar-refractivity contribution >= 4 is 5.97 Å². The summed E-state index contributed by atoms with van der Waals surface area (Å²) in [7, 11) is 0. The van der Waals surface area contributed by atoms with Crippen LogP contribution in [0.3, 0.4) is 0 Å². The first-order valence-electron chi connectivity index (χ1n) is 4.31. The van der Waals surface area contributed by atoms with E-state index < -0.39 is 23.1 Å². The SMILES string of the molecule is NCCC(C(=O)O)c1cc(=O)[nH]c(=O)[nH]1. The first-order chi connectivity index (χ1) is 7.04. The van der Waals surface area contributed by atoms with E-state index in [2.05, 4.69) is 4.98 Å². The van der Waals surface area contributed by atoms with Gasteiger partial charge in [0.25, 0.3) is 5.56 Å². The molecular formula is C8H11N3O4. The molecule has 1 atom stereocenters. The lowest BCUT2D eigenvalue weighted by molar-refractivity contribution is -0.139. The van der Waals surface area contributed by atoms with E-state index in [-0.39, 0.29) is 18.7 Å². The molecule has 7 heteroatoms. The Kier molecular flexibility index (Phi) is 3.40. The number of nitrogens with two attached hydrogens (primary N) is 1. The summed E-state index contributed by atoms with van der Waals surface area (Å²) in [5.74, 6) is -2.08. The third kappa shape index (κ3) is 2.78. The summed E-state index contributed by atoms with van der Waals surface area (Å²) in [5.41, 5.74) is 3.96. The fourth-order valence-electron chi connectivity index (χ4n) is 1.25. The molecular weight excluding hydrogens is 202 g/mol. The number of carboxylic acid groups (broad SMARTS) is 1. The molecule has 1 aromatic heterocycles. The number of aromatic amines is 2. The van der Waals surface area contributed by atoms with Gasteiger partial charge in [-0.05, 0) is 13.0 Å². The Hall–Kier alpha value is -1.89. The molecule has 0 radical (unpaired) electrons. The summed E-state index contributed by atoms with van der Waals surface area (Å²) in [4.78, 5) is 36.9. The largest absolute Gasteiger partial charge is 0.481 e. The van der Waals surface area contributed by atoms with E-state index in [9.17, 15) is 14.4 Å². The maximum absolute atomic E-state index is 10.9. The zero-order valence-corrected chi connectivity index (χ0v) is 7.82. The van der Waals surface area contributed by atoms with Gasteiger partial charge in [-0.1, -0.05) is 0 Å². The number of aromatic nitrogens is 2. The molecule has 15 heavy (non-hydrogen) atoms. The van der Waals surface area contributed by atoms with E-state index in [4.69, 9.17) is 10.8 Å². The monoisotopic (exact) mass is 213 g/mol. The Morgan fingerprint density at radius 2 is 2.13 bits per heavy atom. The minimum atomic E-state index is -1.12. The molecule has 0 saturated heterocycles. The first kappa shape index (κ1) is 11.2. The van der Waals surface area contributed by atoms with Crippen LogP contribution in [0.25, 0.3) is 0 Å². The quantitative estimate of drug-likeness (QED) is 0.487. The molecule has 5 N–H and O–H groups in total. The third-order valence-electron chi connectivity index (χ3n) is 1.91. The summed E-state index contributed by atoms with van der Waals surface area (Å²) in [6.07, 6.45) is 0.161. The first-order valence-corrected chi connectivity index (χ1v) is 4.31. The molecule has 1 heterocycles. The minimum absolute atomic E-state index is 0.0710. The van der Waals surface area contributed by atoms with Crippen molar-refractivity contribution in [3.63, 3.8) is 0 Å². The molecule has 0 aromatic carbocycles. The molecule has 1 rings (SSSR count). The lowest BCUT2D eigenvalue weighted by Crippen LogP contribution is -2.27. The van der Waals surface area contributed by atoms with Crippen molar-refractivity contribution in [2.75, 3.05) is 6.54 Å². The molecule has 0 aliphatic rings. The second kappa shape index (κ2) is 4.56. The maximum atomic E-state index is 10.9. The van der Waals surface area contributed by atoms with Crippen LogP contribution in [0.1, 0.15) is 18.0 Å². The zero-order chi connectivity index (χ0) is 11.4. The topological polar surface area (TPSA) is 129 Å². The number of nitrogens with one attached hydrogen (secondary N) is 2. The lowest BCUT2D eigenvalue weighted by atomic mass is 10.0. The van der Waals surface area contributed by atoms with Crippen molar-refractivity contribution in [3.8, 4) is 0 Å². The highest BCUT2D eigenvalue weighted by Gasteiger charge is 2.20. The Labute approximate surface area is 83.9 Å². The molecule has 0 bridgehead atoms. The summed E-state index contributed by atoms with van der Waals surface area (Å²) < 4.78 is 0. The highest BCUT2D eigenvalue weighted by molar-refractivity contribution is 5.75. The smallest absolute Gasteiger partial charge is 0.325 e. The van der Waals surface area contributed by atoms with Gasteiger partial charge >= 0.3 is 11.7 Å². The number of hydrogen-bond donors (Lipinski definition) is 4. The number of hydrogen-bond acceptors (Lipinski definition) is 4. The van der Waals surface area contributed by atoms with E-state index in [0.29, 0.717) is 0 Å². The number of H-pyrrole nitrogens is 2. The Morgan fingerprint density at radius 3 is 2.60 bits per heavy atom. The van der Waals surface area contributed by atoms with Gasteiger partial charge in [0, 0.05) is 11.8 Å². The average Bonchev–Trinajstić information content (AvgIpc) is 2.11. The molecule has 82 valence electrons. The van der Waals surface area contributed by atoms with Crippen LogP contribution >= 0.6 is 0 Å². The third-order valence-corrected chi connectivity index (χ3v) is 1.91. The van der Waals surface area contributed by atoms with Gasteiger partial charge < -0.3 is 15.8 Å². The molecule has 1 unspecified atom stereocenters. The Balaban J connectivity index is 3.16. The van der Waals surface area contributed by atoms with Crippen molar-refractivity contribution in [2.24, 2.45) is 5.73 Å². The van der Waals surface area contributed by atoms with E-state index in [0.717, 1.165) is 6.07 Å². The second-order valence-electron chi connectivity index (χ2n) is 3.01. The number of carboxylic acids is 1. The summed E-state index contributed by atoms with van der Waals surface area (Å²) in [6, 6.07) is 1.05. The fourth-order valence-corrected chi connectivity index (χ4v) is 1.25. The van der Waals surface area contributed by atoms with Gasteiger partial charge in [-0.2, -0.15) is 0 Å². The van der Waals surface area contributed by atoms with Gasteiger partial charge in [-0.25, -0.2) is 4.79 Å². The van der Waals surface area contributed by atoms with E-state index in [1.807, 2.05) is 4.98 Å². The summed E-state index contributed by atoms with van der Waals surface area (Å²) in [5, 5.41) is 8.85. The molecule has 0 fully saturated rings. The zero-order valence-electron chi connectivity index (χ0n) is 7.82. The number of rotatable bonds is 4. The highest BCUT2D eigenvalue weighted by atomic mass is 16.4. The highest BCUT2D eigenvalue weighted by Crippen LogP contribution is 2.14. The summed E-state index contributed by atoms with van der Waals surface area (Å²) in [6.45, 7) is 0.159. The molecule has 0 amide bonds. The molecule has 0 aliphatic heterocycles. The van der Waals surface area contributed by atoms with Crippen molar-refractivity contribution in [2.45, 2.75) is 12.3 Å². The molecule has 0 spiro atoms. The minimum Gasteiger partial charge on any atom is -0.481 e. The molecule has 0 saturated carbocycles. The van der Waals surface area contributed by atoms with Crippen LogP contribution in [-0.2, 0) is 4.79 Å². The molecule has 1 aromatic rings. The van der Waals surface area contributed by atoms with Crippen molar-refractivity contribution in [3.05, 3.63) is 32.6 Å². The van der Waals surface area contributed by atoms with Crippen LogP contribution < -0.4 is 17.0 Å². The standard InChI is InChI=1S/C8H11N3O4/c9-2-1-4(7(13)14)5-3-6(12)11-8(15)10-5/h3-4H,1-2,9H2,(H,13,14)(H2,10,11,12,15). The van der Waals surface area contributed by atoms with Gasteiger partial charge in [-0.15, -0.1) is 0 Å².